The van der Waals surface area contributed by atoms with E-state index in [-0.39, 0.29) is 0 Å². The van der Waals surface area contributed by atoms with E-state index in [9.17, 15) is 0 Å². The van der Waals surface area contributed by atoms with Gasteiger partial charge in [-0.1, -0.05) is 56.3 Å². The quantitative estimate of drug-likeness (QED) is 0.254. The third-order valence-corrected chi connectivity index (χ3v) is 6.35. The van der Waals surface area contributed by atoms with Crippen molar-refractivity contribution in [3.8, 4) is 17.1 Å². The molecular formula is C27H29N3OS. The van der Waals surface area contributed by atoms with Crippen LogP contribution < -0.4 is 4.74 Å². The molecule has 4 aromatic rings. The Morgan fingerprint density at radius 2 is 1.81 bits per heavy atom. The molecule has 0 fully saturated rings. The highest BCUT2D eigenvalue weighted by Gasteiger charge is 2.12. The molecule has 0 saturated carbocycles. The molecule has 0 aliphatic heterocycles. The lowest BCUT2D eigenvalue weighted by Crippen LogP contribution is -2.00. The van der Waals surface area contributed by atoms with Crippen LogP contribution in [0.1, 0.15) is 55.8 Å². The van der Waals surface area contributed by atoms with Crippen molar-refractivity contribution in [3.63, 3.8) is 0 Å². The van der Waals surface area contributed by atoms with Crippen LogP contribution in [0.4, 0.5) is 0 Å². The molecule has 0 atom stereocenters. The summed E-state index contributed by atoms with van der Waals surface area (Å²) < 4.78 is 5.81. The van der Waals surface area contributed by atoms with Gasteiger partial charge in [0.2, 0.25) is 5.88 Å². The van der Waals surface area contributed by atoms with Crippen molar-refractivity contribution in [2.24, 2.45) is 0 Å². The van der Waals surface area contributed by atoms with E-state index in [1.165, 1.54) is 10.7 Å². The minimum atomic E-state index is 0.511. The number of nitrogens with zero attached hydrogens (tertiary/aromatic N) is 3. The standard InChI is InChI=1S/C27H29N3OS/c1-4-31-26-25(29-23-15-8-9-16-24(23)30-26)21-13-10-12-20(17-21)11-6-5-7-14-22-18-32-27(28-22)19(2)3/h6,8-13,15-19H,4-5,7,14H2,1-3H3/b11-6+. The fraction of sp³-hybridized carbons (Fsp3) is 0.296. The number of para-hydroxylation sites is 2. The second-order valence-corrected chi connectivity index (χ2v) is 8.94. The van der Waals surface area contributed by atoms with Crippen LogP contribution in [0.25, 0.3) is 28.4 Å². The second kappa shape index (κ2) is 10.5. The van der Waals surface area contributed by atoms with Crippen LogP contribution in [0.3, 0.4) is 0 Å². The summed E-state index contributed by atoms with van der Waals surface area (Å²) in [6.07, 6.45) is 7.57. The first-order valence-electron chi connectivity index (χ1n) is 11.2. The summed E-state index contributed by atoms with van der Waals surface area (Å²) in [4.78, 5) is 14.3. The average Bonchev–Trinajstić information content (AvgIpc) is 3.28. The number of unbranched alkanes of at least 4 members (excludes halogenated alkanes) is 1. The molecular weight excluding hydrogens is 414 g/mol. The number of allylic oxidation sites excluding steroid dienone is 1. The van der Waals surface area contributed by atoms with Crippen LogP contribution in [-0.4, -0.2) is 21.6 Å². The van der Waals surface area contributed by atoms with Crippen LogP contribution in [-0.2, 0) is 6.42 Å². The van der Waals surface area contributed by atoms with Gasteiger partial charge in [-0.3, -0.25) is 0 Å². The van der Waals surface area contributed by atoms with E-state index in [1.807, 2.05) is 31.2 Å². The summed E-state index contributed by atoms with van der Waals surface area (Å²) in [6, 6.07) is 16.3. The van der Waals surface area contributed by atoms with E-state index >= 15 is 0 Å². The van der Waals surface area contributed by atoms with Gasteiger partial charge in [0, 0.05) is 16.9 Å². The van der Waals surface area contributed by atoms with Crippen LogP contribution in [0.2, 0.25) is 0 Å². The summed E-state index contributed by atoms with van der Waals surface area (Å²) >= 11 is 1.77. The van der Waals surface area contributed by atoms with Crippen LogP contribution in [0.15, 0.2) is 60.0 Å². The Morgan fingerprint density at radius 1 is 1.00 bits per heavy atom. The third kappa shape index (κ3) is 5.40. The van der Waals surface area contributed by atoms with Gasteiger partial charge in [-0.15, -0.1) is 11.3 Å². The monoisotopic (exact) mass is 443 g/mol. The zero-order chi connectivity index (χ0) is 22.3. The van der Waals surface area contributed by atoms with Crippen LogP contribution in [0.5, 0.6) is 5.88 Å². The molecule has 5 heteroatoms. The Labute approximate surface area is 194 Å². The Kier molecular flexibility index (Phi) is 7.28. The fourth-order valence-electron chi connectivity index (χ4n) is 3.52. The maximum Gasteiger partial charge on any atom is 0.241 e. The molecule has 0 aliphatic carbocycles. The van der Waals surface area contributed by atoms with Gasteiger partial charge in [-0.05, 0) is 49.9 Å². The van der Waals surface area contributed by atoms with E-state index in [0.29, 0.717) is 18.4 Å². The predicted octanol–water partition coefficient (Wildman–Crippen LogP) is 7.31. The van der Waals surface area contributed by atoms with Gasteiger partial charge < -0.3 is 4.74 Å². The number of benzene rings is 2. The van der Waals surface area contributed by atoms with Gasteiger partial charge in [0.15, 0.2) is 0 Å². The molecule has 2 aromatic carbocycles. The van der Waals surface area contributed by atoms with Crippen molar-refractivity contribution in [1.82, 2.24) is 15.0 Å². The van der Waals surface area contributed by atoms with Gasteiger partial charge in [-0.2, -0.15) is 0 Å². The molecule has 0 saturated heterocycles. The smallest absolute Gasteiger partial charge is 0.241 e. The van der Waals surface area contributed by atoms with Crippen molar-refractivity contribution in [1.29, 1.82) is 0 Å². The number of aromatic nitrogens is 3. The van der Waals surface area contributed by atoms with Crippen LogP contribution >= 0.6 is 11.3 Å². The zero-order valence-electron chi connectivity index (χ0n) is 18.9. The zero-order valence-corrected chi connectivity index (χ0v) is 19.7. The SMILES string of the molecule is CCOc1nc2ccccc2nc1-c1cccc(/C=C/CCCc2csc(C(C)C)n2)c1. The molecule has 0 aliphatic rings. The van der Waals surface area contributed by atoms with E-state index in [4.69, 9.17) is 19.7 Å². The average molecular weight is 444 g/mol. The molecule has 32 heavy (non-hydrogen) atoms. The minimum absolute atomic E-state index is 0.511. The van der Waals surface area contributed by atoms with Gasteiger partial charge in [-0.25, -0.2) is 15.0 Å². The van der Waals surface area contributed by atoms with Gasteiger partial charge in [0.25, 0.3) is 0 Å². The molecule has 0 radical (unpaired) electrons. The molecule has 0 amide bonds. The molecule has 2 heterocycles. The summed E-state index contributed by atoms with van der Waals surface area (Å²) in [7, 11) is 0. The summed E-state index contributed by atoms with van der Waals surface area (Å²) in [5, 5.41) is 3.43. The Hall–Kier alpha value is -3.05. The lowest BCUT2D eigenvalue weighted by molar-refractivity contribution is 0.328. The Balaban J connectivity index is 1.45. The van der Waals surface area contributed by atoms with Crippen molar-refractivity contribution < 1.29 is 4.74 Å². The second-order valence-electron chi connectivity index (χ2n) is 8.05. The molecule has 0 unspecified atom stereocenters. The normalized spacial score (nSPS) is 11.6. The molecule has 164 valence electrons. The lowest BCUT2D eigenvalue weighted by atomic mass is 10.1. The van der Waals surface area contributed by atoms with Gasteiger partial charge in [0.1, 0.15) is 5.69 Å². The molecule has 4 rings (SSSR count). The largest absolute Gasteiger partial charge is 0.476 e. The van der Waals surface area contributed by atoms with E-state index in [0.717, 1.165) is 47.1 Å². The Bertz CT molecular complexity index is 1210. The highest BCUT2D eigenvalue weighted by atomic mass is 32.1. The minimum Gasteiger partial charge on any atom is -0.476 e. The maximum atomic E-state index is 5.81. The number of fused-ring (bicyclic) bond motifs is 1. The number of hydrogen-bond acceptors (Lipinski definition) is 5. The predicted molar refractivity (Wildman–Crippen MR) is 134 cm³/mol. The first-order chi connectivity index (χ1) is 15.6. The highest BCUT2D eigenvalue weighted by Crippen LogP contribution is 2.29. The van der Waals surface area contributed by atoms with Crippen molar-refractivity contribution in [2.45, 2.75) is 46.0 Å². The summed E-state index contributed by atoms with van der Waals surface area (Å²) in [6.45, 7) is 6.91. The first kappa shape index (κ1) is 22.2. The number of aryl methyl sites for hydroxylation is 1. The first-order valence-corrected chi connectivity index (χ1v) is 12.1. The molecule has 2 aromatic heterocycles. The van der Waals surface area contributed by atoms with Crippen molar-refractivity contribution in [2.75, 3.05) is 6.61 Å². The van der Waals surface area contributed by atoms with Gasteiger partial charge >= 0.3 is 0 Å². The fourth-order valence-corrected chi connectivity index (χ4v) is 4.39. The van der Waals surface area contributed by atoms with Crippen LogP contribution in [0, 0.1) is 0 Å². The maximum absolute atomic E-state index is 5.81. The van der Waals surface area contributed by atoms with Gasteiger partial charge in [0.05, 0.1) is 28.3 Å². The lowest BCUT2D eigenvalue weighted by Gasteiger charge is -2.10. The highest BCUT2D eigenvalue weighted by molar-refractivity contribution is 7.09. The van der Waals surface area contributed by atoms with Crippen molar-refractivity contribution in [3.05, 3.63) is 76.3 Å². The molecule has 0 N–H and O–H groups in total. The van der Waals surface area contributed by atoms with E-state index in [2.05, 4.69) is 55.6 Å². The van der Waals surface area contributed by atoms with E-state index in [1.54, 1.807) is 11.3 Å². The number of rotatable bonds is 9. The number of ether oxygens (including phenoxy) is 1. The topological polar surface area (TPSA) is 47.9 Å². The van der Waals surface area contributed by atoms with E-state index < -0.39 is 0 Å². The Morgan fingerprint density at radius 3 is 2.56 bits per heavy atom. The van der Waals surface area contributed by atoms with Crippen molar-refractivity contribution >= 4 is 28.4 Å². The third-order valence-electron chi connectivity index (χ3n) is 5.16. The molecule has 4 nitrogen and oxygen atoms in total. The number of hydrogen-bond donors (Lipinski definition) is 0. The summed E-state index contributed by atoms with van der Waals surface area (Å²) in [5.74, 6) is 1.09. The number of thiazole rings is 1. The summed E-state index contributed by atoms with van der Waals surface area (Å²) in [5.41, 5.74) is 5.87. The molecule has 0 bridgehead atoms. The molecule has 0 spiro atoms.